The minimum atomic E-state index is -0.551. The van der Waals surface area contributed by atoms with Crippen LogP contribution in [0.1, 0.15) is 122 Å². The van der Waals surface area contributed by atoms with Gasteiger partial charge in [0.2, 0.25) is 0 Å². The van der Waals surface area contributed by atoms with Gasteiger partial charge in [0, 0.05) is 6.42 Å². The van der Waals surface area contributed by atoms with E-state index >= 15 is 0 Å². The molecule has 0 saturated carbocycles. The van der Waals surface area contributed by atoms with Crippen LogP contribution in [-0.4, -0.2) is 17.7 Å². The third kappa shape index (κ3) is 19.8. The summed E-state index contributed by atoms with van der Waals surface area (Å²) in [5, 5.41) is 0. The van der Waals surface area contributed by atoms with Crippen molar-refractivity contribution in [1.29, 1.82) is 0 Å². The van der Waals surface area contributed by atoms with Crippen molar-refractivity contribution in [1.82, 2.24) is 0 Å². The second-order valence-electron chi connectivity index (χ2n) is 7.41. The summed E-state index contributed by atoms with van der Waals surface area (Å²) in [7, 11) is 0. The summed E-state index contributed by atoms with van der Waals surface area (Å²) < 4.78 is 4.57. The van der Waals surface area contributed by atoms with Gasteiger partial charge >= 0.3 is 11.9 Å². The Hall–Kier alpha value is -0.510. The van der Waals surface area contributed by atoms with E-state index in [0.717, 1.165) is 12.8 Å². The van der Waals surface area contributed by atoms with E-state index in [1.165, 1.54) is 96.3 Å². The predicted octanol–water partition coefficient (Wildman–Crippen LogP) is 7.03. The summed E-state index contributed by atoms with van der Waals surface area (Å²) in [5.74, 6) is -1.000. The highest BCUT2D eigenvalue weighted by Gasteiger charge is 2.07. The molecule has 0 heterocycles. The van der Waals surface area contributed by atoms with Gasteiger partial charge in [-0.1, -0.05) is 110 Å². The Balaban J connectivity index is 3.11. The van der Waals surface area contributed by atoms with Gasteiger partial charge in [-0.3, -0.25) is 9.59 Å². The molecule has 0 aliphatic rings. The molecule has 0 aliphatic heterocycles. The summed E-state index contributed by atoms with van der Waals surface area (Å²) in [6.45, 7) is 2.27. The van der Waals surface area contributed by atoms with Gasteiger partial charge in [-0.2, -0.15) is 12.6 Å². The minimum Gasteiger partial charge on any atom is -0.393 e. The Labute approximate surface area is 167 Å². The summed E-state index contributed by atoms with van der Waals surface area (Å²) in [6.07, 6.45) is 22.8. The molecule has 154 valence electrons. The van der Waals surface area contributed by atoms with Crippen LogP contribution in [-0.2, 0) is 14.3 Å². The summed E-state index contributed by atoms with van der Waals surface area (Å²) >= 11 is 3.77. The second kappa shape index (κ2) is 20.8. The number of rotatable bonds is 19. The molecule has 0 amide bonds. The molecule has 0 saturated heterocycles. The van der Waals surface area contributed by atoms with Crippen LogP contribution in [0.25, 0.3) is 0 Å². The first kappa shape index (κ1) is 25.5. The lowest BCUT2D eigenvalue weighted by molar-refractivity contribution is -0.157. The van der Waals surface area contributed by atoms with Crippen LogP contribution in [0.4, 0.5) is 0 Å². The van der Waals surface area contributed by atoms with E-state index in [0.29, 0.717) is 6.42 Å². The van der Waals surface area contributed by atoms with Gasteiger partial charge in [-0.15, -0.1) is 0 Å². The van der Waals surface area contributed by atoms with E-state index in [9.17, 15) is 9.59 Å². The Morgan fingerprint density at radius 1 is 0.577 bits per heavy atom. The Bertz CT molecular complexity index is 331. The summed E-state index contributed by atoms with van der Waals surface area (Å²) in [4.78, 5) is 22.2. The van der Waals surface area contributed by atoms with Crippen LogP contribution in [0.3, 0.4) is 0 Å². The van der Waals surface area contributed by atoms with E-state index in [1.54, 1.807) is 0 Å². The van der Waals surface area contributed by atoms with Crippen molar-refractivity contribution in [2.75, 3.05) is 5.75 Å². The lowest BCUT2D eigenvalue weighted by Gasteiger charge is -2.04. The molecule has 0 N–H and O–H groups in total. The Kier molecular flexibility index (Phi) is 20.4. The maximum absolute atomic E-state index is 11.3. The number of carbonyl (C=O) groups is 2. The number of unbranched alkanes of at least 4 members (excludes halogenated alkanes) is 16. The average Bonchev–Trinajstić information content (AvgIpc) is 2.64. The average molecular weight is 387 g/mol. The Morgan fingerprint density at radius 3 is 1.27 bits per heavy atom. The first-order valence-corrected chi connectivity index (χ1v) is 11.7. The first-order chi connectivity index (χ1) is 12.7. The highest BCUT2D eigenvalue weighted by Crippen LogP contribution is 2.14. The van der Waals surface area contributed by atoms with Gasteiger partial charge in [-0.25, -0.2) is 0 Å². The molecular formula is C22H42O3S. The second-order valence-corrected chi connectivity index (χ2v) is 7.73. The summed E-state index contributed by atoms with van der Waals surface area (Å²) in [5.41, 5.74) is 0. The molecule has 0 radical (unpaired) electrons. The standard InChI is InChI=1S/C22H42O3S/c1-2-3-4-5-6-7-8-9-10-11-12-13-14-15-16-17-18-19-21(23)25-22(24)20-26/h26H,2-20H2,1H3. The molecule has 0 aromatic heterocycles. The molecule has 0 aromatic rings. The smallest absolute Gasteiger partial charge is 0.323 e. The van der Waals surface area contributed by atoms with E-state index in [4.69, 9.17) is 0 Å². The molecule has 0 rings (SSSR count). The minimum absolute atomic E-state index is 0.0369. The van der Waals surface area contributed by atoms with Crippen LogP contribution in [0.5, 0.6) is 0 Å². The van der Waals surface area contributed by atoms with E-state index in [-0.39, 0.29) is 5.75 Å². The maximum atomic E-state index is 11.3. The quantitative estimate of drug-likeness (QED) is 0.112. The number of hydrogen-bond donors (Lipinski definition) is 1. The first-order valence-electron chi connectivity index (χ1n) is 11.0. The lowest BCUT2D eigenvalue weighted by atomic mass is 10.0. The van der Waals surface area contributed by atoms with Crippen LogP contribution in [0, 0.1) is 0 Å². The topological polar surface area (TPSA) is 43.4 Å². The Morgan fingerprint density at radius 2 is 0.923 bits per heavy atom. The van der Waals surface area contributed by atoms with Crippen LogP contribution >= 0.6 is 12.6 Å². The SMILES string of the molecule is CCCCCCCCCCCCCCCCCCCC(=O)OC(=O)CS. The molecule has 26 heavy (non-hydrogen) atoms. The fourth-order valence-corrected chi connectivity index (χ4v) is 3.27. The fourth-order valence-electron chi connectivity index (χ4n) is 3.20. The van der Waals surface area contributed by atoms with Crippen molar-refractivity contribution in [2.45, 2.75) is 122 Å². The zero-order chi connectivity index (χ0) is 19.3. The van der Waals surface area contributed by atoms with Gasteiger partial charge in [-0.05, 0) is 6.42 Å². The van der Waals surface area contributed by atoms with Crippen molar-refractivity contribution in [3.63, 3.8) is 0 Å². The zero-order valence-electron chi connectivity index (χ0n) is 17.1. The number of carbonyl (C=O) groups excluding carboxylic acids is 2. The van der Waals surface area contributed by atoms with Crippen molar-refractivity contribution < 1.29 is 14.3 Å². The van der Waals surface area contributed by atoms with Crippen LogP contribution in [0.15, 0.2) is 0 Å². The van der Waals surface area contributed by atoms with E-state index in [1.807, 2.05) is 0 Å². The number of esters is 2. The highest BCUT2D eigenvalue weighted by atomic mass is 32.1. The molecule has 0 aromatic carbocycles. The third-order valence-corrected chi connectivity index (χ3v) is 5.10. The van der Waals surface area contributed by atoms with Crippen LogP contribution < -0.4 is 0 Å². The molecule has 4 heteroatoms. The maximum Gasteiger partial charge on any atom is 0.323 e. The molecule has 0 atom stereocenters. The van der Waals surface area contributed by atoms with E-state index < -0.39 is 11.9 Å². The van der Waals surface area contributed by atoms with Crippen molar-refractivity contribution in [3.8, 4) is 0 Å². The van der Waals surface area contributed by atoms with Gasteiger partial charge in [0.15, 0.2) is 0 Å². The van der Waals surface area contributed by atoms with Crippen molar-refractivity contribution in [2.24, 2.45) is 0 Å². The zero-order valence-corrected chi connectivity index (χ0v) is 18.0. The van der Waals surface area contributed by atoms with Crippen molar-refractivity contribution in [3.05, 3.63) is 0 Å². The number of thiol groups is 1. The number of ether oxygens (including phenoxy) is 1. The molecule has 0 fully saturated rings. The highest BCUT2D eigenvalue weighted by molar-refractivity contribution is 7.81. The van der Waals surface area contributed by atoms with Gasteiger partial charge in [0.25, 0.3) is 0 Å². The normalized spacial score (nSPS) is 10.8. The van der Waals surface area contributed by atoms with Crippen LogP contribution in [0.2, 0.25) is 0 Å². The van der Waals surface area contributed by atoms with Gasteiger partial charge < -0.3 is 4.74 Å². The molecule has 0 spiro atoms. The molecule has 0 bridgehead atoms. The predicted molar refractivity (Wildman–Crippen MR) is 114 cm³/mol. The van der Waals surface area contributed by atoms with Crippen molar-refractivity contribution >= 4 is 24.6 Å². The molecule has 3 nitrogen and oxygen atoms in total. The summed E-state index contributed by atoms with van der Waals surface area (Å²) in [6, 6.07) is 0. The number of hydrogen-bond acceptors (Lipinski definition) is 4. The molecule has 0 aliphatic carbocycles. The van der Waals surface area contributed by atoms with Gasteiger partial charge in [0.05, 0.1) is 5.75 Å². The third-order valence-electron chi connectivity index (χ3n) is 4.84. The largest absolute Gasteiger partial charge is 0.393 e. The molecule has 0 unspecified atom stereocenters. The fraction of sp³-hybridized carbons (Fsp3) is 0.909. The monoisotopic (exact) mass is 386 g/mol. The lowest BCUT2D eigenvalue weighted by Crippen LogP contribution is -2.12. The van der Waals surface area contributed by atoms with E-state index in [2.05, 4.69) is 24.3 Å². The molecular weight excluding hydrogens is 344 g/mol. The van der Waals surface area contributed by atoms with Gasteiger partial charge in [0.1, 0.15) is 0 Å².